The van der Waals surface area contributed by atoms with E-state index in [1.165, 1.54) is 0 Å². The zero-order valence-electron chi connectivity index (χ0n) is 16.5. The molecule has 2 aromatic rings. The van der Waals surface area contributed by atoms with Crippen molar-refractivity contribution in [3.63, 3.8) is 0 Å². The summed E-state index contributed by atoms with van der Waals surface area (Å²) >= 11 is 0. The lowest BCUT2D eigenvalue weighted by molar-refractivity contribution is -0.136. The van der Waals surface area contributed by atoms with Crippen molar-refractivity contribution in [3.8, 4) is 0 Å². The van der Waals surface area contributed by atoms with E-state index in [1.807, 2.05) is 17.1 Å². The highest BCUT2D eigenvalue weighted by molar-refractivity contribution is 4.96. The van der Waals surface area contributed by atoms with Gasteiger partial charge in [0.2, 0.25) is 0 Å². The normalized spacial score (nSPS) is 21.1. The lowest BCUT2D eigenvalue weighted by Crippen LogP contribution is -2.57. The molecule has 148 valence electrons. The summed E-state index contributed by atoms with van der Waals surface area (Å²) in [5.41, 5.74) is 0.0226. The van der Waals surface area contributed by atoms with Crippen molar-refractivity contribution in [1.82, 2.24) is 34.1 Å². The summed E-state index contributed by atoms with van der Waals surface area (Å²) in [5, 5.41) is 4.28. The molecule has 2 fully saturated rings. The Balaban J connectivity index is 1.28. The first kappa shape index (κ1) is 18.6. The molecule has 2 aliphatic rings. The molecule has 0 radical (unpaired) electrons. The lowest BCUT2D eigenvalue weighted by Gasteiger charge is -2.47. The third-order valence-electron chi connectivity index (χ3n) is 6.03. The predicted molar refractivity (Wildman–Crippen MR) is 102 cm³/mol. The number of aryl methyl sites for hydroxylation is 2. The number of rotatable bonds is 6. The van der Waals surface area contributed by atoms with Gasteiger partial charge in [0, 0.05) is 65.1 Å². The molecule has 4 rings (SSSR count). The number of piperidine rings is 1. The summed E-state index contributed by atoms with van der Waals surface area (Å²) in [5.74, 6) is 2.22. The van der Waals surface area contributed by atoms with Gasteiger partial charge in [-0.1, -0.05) is 0 Å². The zero-order chi connectivity index (χ0) is 18.7. The Kier molecular flexibility index (Phi) is 5.56. The molecule has 0 N–H and O–H groups in total. The minimum absolute atomic E-state index is 0.0226. The molecule has 4 heterocycles. The minimum atomic E-state index is 0.0226. The van der Waals surface area contributed by atoms with Gasteiger partial charge in [-0.2, -0.15) is 5.10 Å². The third-order valence-corrected chi connectivity index (χ3v) is 6.03. The van der Waals surface area contributed by atoms with Gasteiger partial charge in [0.15, 0.2) is 0 Å². The van der Waals surface area contributed by atoms with Crippen LogP contribution in [0.25, 0.3) is 0 Å². The number of morpholine rings is 1. The van der Waals surface area contributed by atoms with Crippen molar-refractivity contribution in [2.45, 2.75) is 44.9 Å². The lowest BCUT2D eigenvalue weighted by atomic mass is 9.89. The molecule has 27 heavy (non-hydrogen) atoms. The van der Waals surface area contributed by atoms with Crippen LogP contribution in [0.5, 0.6) is 0 Å². The molecule has 1 spiro atoms. The monoisotopic (exact) mass is 373 g/mol. The highest BCUT2D eigenvalue weighted by Crippen LogP contribution is 2.30. The van der Waals surface area contributed by atoms with Crippen LogP contribution in [0.2, 0.25) is 0 Å². The van der Waals surface area contributed by atoms with Gasteiger partial charge >= 0.3 is 0 Å². The van der Waals surface area contributed by atoms with E-state index in [0.717, 1.165) is 83.3 Å². The highest BCUT2D eigenvalue weighted by Gasteiger charge is 2.39. The molecule has 8 nitrogen and oxygen atoms in total. The topological polar surface area (TPSA) is 64.2 Å². The second-order valence-corrected chi connectivity index (χ2v) is 7.78. The van der Waals surface area contributed by atoms with Crippen LogP contribution in [0.4, 0.5) is 0 Å². The molecule has 0 saturated carbocycles. The quantitative estimate of drug-likeness (QED) is 0.751. The number of aromatic nitrogens is 5. The van der Waals surface area contributed by atoms with Crippen LogP contribution in [0.15, 0.2) is 18.7 Å². The highest BCUT2D eigenvalue weighted by atomic mass is 16.5. The second-order valence-electron chi connectivity index (χ2n) is 7.78. The summed E-state index contributed by atoms with van der Waals surface area (Å²) in [7, 11) is 2.07. The van der Waals surface area contributed by atoms with E-state index in [4.69, 9.17) is 4.74 Å². The van der Waals surface area contributed by atoms with Crippen molar-refractivity contribution in [2.24, 2.45) is 7.05 Å². The Bertz CT molecular complexity index is 732. The van der Waals surface area contributed by atoms with Crippen molar-refractivity contribution in [3.05, 3.63) is 30.4 Å². The van der Waals surface area contributed by atoms with Crippen molar-refractivity contribution >= 4 is 0 Å². The van der Waals surface area contributed by atoms with Gasteiger partial charge in [0.1, 0.15) is 18.0 Å². The van der Waals surface area contributed by atoms with Crippen LogP contribution in [0.1, 0.15) is 31.4 Å². The standard InChI is InChI=1S/C19H31N7O/c1-3-26-18(21-16-22-26)14-24-9-5-19(6-10-24)15-25(12-13-27-19)8-4-17-20-7-11-23(17)2/h7,11,16H,3-6,8-10,12-15H2,1-2H3. The average Bonchev–Trinajstić information content (AvgIpc) is 3.31. The van der Waals surface area contributed by atoms with E-state index in [-0.39, 0.29) is 5.60 Å². The Morgan fingerprint density at radius 2 is 1.96 bits per heavy atom. The Hall–Kier alpha value is -1.77. The fourth-order valence-corrected chi connectivity index (χ4v) is 4.31. The molecule has 0 unspecified atom stereocenters. The predicted octanol–water partition coefficient (Wildman–Crippen LogP) is 0.941. The van der Waals surface area contributed by atoms with Gasteiger partial charge in [-0.15, -0.1) is 0 Å². The smallest absolute Gasteiger partial charge is 0.140 e. The van der Waals surface area contributed by atoms with Gasteiger partial charge in [-0.05, 0) is 19.8 Å². The molecular formula is C19H31N7O. The first-order valence-corrected chi connectivity index (χ1v) is 10.1. The second kappa shape index (κ2) is 8.08. The van der Waals surface area contributed by atoms with Crippen molar-refractivity contribution in [2.75, 3.05) is 39.3 Å². The SMILES string of the molecule is CCn1ncnc1CN1CCC2(CC1)CN(CCc1nccn1C)CCO2. The number of hydrogen-bond acceptors (Lipinski definition) is 6. The van der Waals surface area contributed by atoms with Crippen molar-refractivity contribution < 1.29 is 4.74 Å². The average molecular weight is 374 g/mol. The fraction of sp³-hybridized carbons (Fsp3) is 0.737. The number of nitrogens with zero attached hydrogens (tertiary/aromatic N) is 7. The minimum Gasteiger partial charge on any atom is -0.372 e. The van der Waals surface area contributed by atoms with Crippen LogP contribution in [0, 0.1) is 0 Å². The van der Waals surface area contributed by atoms with Crippen LogP contribution in [-0.2, 0) is 31.3 Å². The van der Waals surface area contributed by atoms with E-state index in [0.29, 0.717) is 0 Å². The number of likely N-dealkylation sites (tertiary alicyclic amines) is 1. The van der Waals surface area contributed by atoms with Crippen molar-refractivity contribution in [1.29, 1.82) is 0 Å². The molecule has 0 bridgehead atoms. The van der Waals surface area contributed by atoms with Crippen LogP contribution < -0.4 is 0 Å². The third kappa shape index (κ3) is 4.23. The van der Waals surface area contributed by atoms with Crippen LogP contribution in [-0.4, -0.2) is 79.0 Å². The molecule has 0 aliphatic carbocycles. The summed E-state index contributed by atoms with van der Waals surface area (Å²) < 4.78 is 10.4. The van der Waals surface area contributed by atoms with E-state index >= 15 is 0 Å². The molecule has 2 aliphatic heterocycles. The summed E-state index contributed by atoms with van der Waals surface area (Å²) in [6.45, 7) is 9.94. The number of ether oxygens (including phenoxy) is 1. The largest absolute Gasteiger partial charge is 0.372 e. The molecule has 0 amide bonds. The van der Waals surface area contributed by atoms with Gasteiger partial charge in [-0.25, -0.2) is 14.6 Å². The van der Waals surface area contributed by atoms with E-state index in [9.17, 15) is 0 Å². The molecule has 2 saturated heterocycles. The summed E-state index contributed by atoms with van der Waals surface area (Å²) in [4.78, 5) is 13.9. The van der Waals surface area contributed by atoms with E-state index in [2.05, 4.69) is 43.4 Å². The number of imidazole rings is 1. The van der Waals surface area contributed by atoms with Gasteiger partial charge in [-0.3, -0.25) is 9.80 Å². The zero-order valence-corrected chi connectivity index (χ0v) is 16.5. The molecule has 8 heteroatoms. The number of hydrogen-bond donors (Lipinski definition) is 0. The van der Waals surface area contributed by atoms with Gasteiger partial charge in [0.05, 0.1) is 18.8 Å². The Morgan fingerprint density at radius 3 is 2.70 bits per heavy atom. The molecule has 2 aromatic heterocycles. The summed E-state index contributed by atoms with van der Waals surface area (Å²) in [6.07, 6.45) is 8.74. The molecule has 0 atom stereocenters. The molecular weight excluding hydrogens is 342 g/mol. The fourth-order valence-electron chi connectivity index (χ4n) is 4.31. The van der Waals surface area contributed by atoms with Gasteiger partial charge < -0.3 is 9.30 Å². The Morgan fingerprint density at radius 1 is 1.11 bits per heavy atom. The maximum Gasteiger partial charge on any atom is 0.140 e. The maximum atomic E-state index is 6.30. The van der Waals surface area contributed by atoms with Crippen LogP contribution >= 0.6 is 0 Å². The van der Waals surface area contributed by atoms with Crippen LogP contribution in [0.3, 0.4) is 0 Å². The Labute approximate surface area is 161 Å². The van der Waals surface area contributed by atoms with E-state index in [1.54, 1.807) is 6.33 Å². The van der Waals surface area contributed by atoms with Gasteiger partial charge in [0.25, 0.3) is 0 Å². The summed E-state index contributed by atoms with van der Waals surface area (Å²) in [6, 6.07) is 0. The van der Waals surface area contributed by atoms with E-state index < -0.39 is 0 Å². The first-order chi connectivity index (χ1) is 13.2. The maximum absolute atomic E-state index is 6.30. The first-order valence-electron chi connectivity index (χ1n) is 10.1. The molecule has 0 aromatic carbocycles.